The fraction of sp³-hybridized carbons (Fsp3) is 0. The molecule has 0 aliphatic carbocycles. The zero-order chi connectivity index (χ0) is 6.41. The van der Waals surface area contributed by atoms with Crippen molar-refractivity contribution in [1.29, 1.82) is 0 Å². The number of rotatable bonds is 2. The number of amides is 1. The number of carbonyl (C=O) groups is 1. The molecule has 0 rings (SSSR count). The van der Waals surface area contributed by atoms with E-state index in [-0.39, 0.29) is 5.84 Å². The fourth-order valence-electron chi connectivity index (χ4n) is 0.180. The molecule has 0 bridgehead atoms. The summed E-state index contributed by atoms with van der Waals surface area (Å²) < 4.78 is 0. The van der Waals surface area contributed by atoms with Crippen LogP contribution in [0, 0.1) is 0 Å². The van der Waals surface area contributed by atoms with Crippen LogP contribution in [0.3, 0.4) is 0 Å². The molecule has 0 atom stereocenters. The van der Waals surface area contributed by atoms with Crippen molar-refractivity contribution < 1.29 is 9.90 Å². The summed E-state index contributed by atoms with van der Waals surface area (Å²) in [6.45, 7) is 0. The van der Waals surface area contributed by atoms with Gasteiger partial charge in [-0.15, -0.1) is 0 Å². The van der Waals surface area contributed by atoms with Crippen molar-refractivity contribution in [2.75, 3.05) is 0 Å². The van der Waals surface area contributed by atoms with E-state index in [1.165, 1.54) is 0 Å². The lowest BCUT2D eigenvalue weighted by Crippen LogP contribution is -2.07. The second kappa shape index (κ2) is 3.86. The van der Waals surface area contributed by atoms with Crippen molar-refractivity contribution >= 4 is 12.2 Å². The SMILES string of the molecule is NC(/C=C\O)=NC=O. The predicted octanol–water partition coefficient (Wildman–Crippen LogP) is -0.428. The highest BCUT2D eigenvalue weighted by atomic mass is 16.2. The Labute approximate surface area is 46.3 Å². The molecule has 0 aromatic heterocycles. The summed E-state index contributed by atoms with van der Waals surface area (Å²) in [7, 11) is 0. The summed E-state index contributed by atoms with van der Waals surface area (Å²) in [5.74, 6) is -0.0116. The van der Waals surface area contributed by atoms with Crippen molar-refractivity contribution in [3.05, 3.63) is 12.3 Å². The first kappa shape index (κ1) is 6.68. The molecule has 0 aliphatic heterocycles. The summed E-state index contributed by atoms with van der Waals surface area (Å²) >= 11 is 0. The molecule has 0 aliphatic rings. The molecule has 0 radical (unpaired) electrons. The van der Waals surface area contributed by atoms with Crippen LogP contribution in [-0.4, -0.2) is 17.4 Å². The minimum absolute atomic E-state index is 0.0116. The smallest absolute Gasteiger partial charge is 0.234 e. The maximum Gasteiger partial charge on any atom is 0.234 e. The van der Waals surface area contributed by atoms with E-state index in [9.17, 15) is 4.79 Å². The molecule has 0 heterocycles. The molecular weight excluding hydrogens is 108 g/mol. The van der Waals surface area contributed by atoms with Crippen LogP contribution in [0.15, 0.2) is 17.3 Å². The van der Waals surface area contributed by atoms with Gasteiger partial charge in [-0.25, -0.2) is 0 Å². The van der Waals surface area contributed by atoms with E-state index in [4.69, 9.17) is 10.8 Å². The molecule has 0 fully saturated rings. The molecule has 0 saturated carbocycles. The number of nitrogens with zero attached hydrogens (tertiary/aromatic N) is 1. The molecule has 3 N–H and O–H groups in total. The molecule has 0 aromatic carbocycles. The number of carbonyl (C=O) groups excluding carboxylic acids is 1. The largest absolute Gasteiger partial charge is 0.515 e. The Hall–Kier alpha value is -1.32. The van der Waals surface area contributed by atoms with E-state index >= 15 is 0 Å². The molecule has 1 amide bonds. The van der Waals surface area contributed by atoms with Crippen LogP contribution < -0.4 is 5.73 Å². The van der Waals surface area contributed by atoms with Crippen molar-refractivity contribution in [2.45, 2.75) is 0 Å². The van der Waals surface area contributed by atoms with Gasteiger partial charge in [0.25, 0.3) is 0 Å². The van der Waals surface area contributed by atoms with E-state index in [1.807, 2.05) is 0 Å². The Morgan fingerprint density at radius 3 is 2.75 bits per heavy atom. The van der Waals surface area contributed by atoms with Gasteiger partial charge in [-0.2, -0.15) is 4.99 Å². The third-order valence-corrected chi connectivity index (χ3v) is 0.447. The van der Waals surface area contributed by atoms with Gasteiger partial charge in [-0.3, -0.25) is 4.79 Å². The lowest BCUT2D eigenvalue weighted by atomic mass is 10.6. The first-order chi connectivity index (χ1) is 3.81. The number of aliphatic hydroxyl groups is 1. The third kappa shape index (κ3) is 2.89. The number of aliphatic imine (C=N–C) groups is 1. The molecular formula is C4H6N2O2. The van der Waals surface area contributed by atoms with Gasteiger partial charge < -0.3 is 10.8 Å². The standard InChI is InChI=1S/C4H6N2O2/c5-4(1-2-7)6-3-8/h1-3,7H,(H2,5,6,8)/b2-1-. The Morgan fingerprint density at radius 2 is 2.38 bits per heavy atom. The Kier molecular flexibility index (Phi) is 3.22. The fourth-order valence-corrected chi connectivity index (χ4v) is 0.180. The van der Waals surface area contributed by atoms with Crippen molar-refractivity contribution in [3.8, 4) is 0 Å². The van der Waals surface area contributed by atoms with Crippen LogP contribution in [0.1, 0.15) is 0 Å². The van der Waals surface area contributed by atoms with Gasteiger partial charge in [0.15, 0.2) is 0 Å². The zero-order valence-corrected chi connectivity index (χ0v) is 4.11. The maximum atomic E-state index is 9.51. The van der Waals surface area contributed by atoms with Gasteiger partial charge >= 0.3 is 0 Å². The molecule has 0 aromatic rings. The van der Waals surface area contributed by atoms with Gasteiger partial charge in [0, 0.05) is 6.08 Å². The molecule has 8 heavy (non-hydrogen) atoms. The third-order valence-electron chi connectivity index (χ3n) is 0.447. The quantitative estimate of drug-likeness (QED) is 0.221. The van der Waals surface area contributed by atoms with Crippen molar-refractivity contribution in [3.63, 3.8) is 0 Å². The maximum absolute atomic E-state index is 9.51. The van der Waals surface area contributed by atoms with Gasteiger partial charge in [0.2, 0.25) is 6.41 Å². The van der Waals surface area contributed by atoms with Crippen LogP contribution >= 0.6 is 0 Å². The number of hydrogen-bond acceptors (Lipinski definition) is 2. The van der Waals surface area contributed by atoms with Crippen LogP contribution in [-0.2, 0) is 4.79 Å². The van der Waals surface area contributed by atoms with Gasteiger partial charge in [0.05, 0.1) is 6.26 Å². The summed E-state index contributed by atoms with van der Waals surface area (Å²) in [6.07, 6.45) is 2.12. The first-order valence-corrected chi connectivity index (χ1v) is 1.89. The second-order valence-electron chi connectivity index (χ2n) is 0.975. The minimum atomic E-state index is -0.0116. The van der Waals surface area contributed by atoms with E-state index < -0.39 is 0 Å². The lowest BCUT2D eigenvalue weighted by Gasteiger charge is -1.80. The molecule has 4 heteroatoms. The lowest BCUT2D eigenvalue weighted by molar-refractivity contribution is -0.106. The normalized spacial score (nSPS) is 12.2. The summed E-state index contributed by atoms with van der Waals surface area (Å²) in [6, 6.07) is 0. The number of nitrogens with two attached hydrogens (primary N) is 1. The summed E-state index contributed by atoms with van der Waals surface area (Å²) in [4.78, 5) is 12.6. The average molecular weight is 114 g/mol. The molecule has 44 valence electrons. The number of amidine groups is 1. The second-order valence-corrected chi connectivity index (χ2v) is 0.975. The highest BCUT2D eigenvalue weighted by molar-refractivity contribution is 5.95. The summed E-state index contributed by atoms with van der Waals surface area (Å²) in [5, 5.41) is 8.01. The Bertz CT molecular complexity index is 128. The van der Waals surface area contributed by atoms with E-state index in [0.717, 1.165) is 6.08 Å². The van der Waals surface area contributed by atoms with Gasteiger partial charge in [0.1, 0.15) is 5.84 Å². The Morgan fingerprint density at radius 1 is 1.75 bits per heavy atom. The highest BCUT2D eigenvalue weighted by Gasteiger charge is 1.77. The number of hydrogen-bond donors (Lipinski definition) is 2. The monoisotopic (exact) mass is 114 g/mol. The topological polar surface area (TPSA) is 75.7 Å². The molecule has 0 unspecified atom stereocenters. The van der Waals surface area contributed by atoms with E-state index in [1.54, 1.807) is 0 Å². The zero-order valence-electron chi connectivity index (χ0n) is 4.11. The van der Waals surface area contributed by atoms with Crippen LogP contribution in [0.4, 0.5) is 0 Å². The highest BCUT2D eigenvalue weighted by Crippen LogP contribution is 1.67. The predicted molar refractivity (Wildman–Crippen MR) is 29.5 cm³/mol. The van der Waals surface area contributed by atoms with E-state index in [0.29, 0.717) is 12.7 Å². The minimum Gasteiger partial charge on any atom is -0.515 e. The molecule has 4 nitrogen and oxygen atoms in total. The number of aliphatic hydroxyl groups excluding tert-OH is 1. The molecule has 0 saturated heterocycles. The van der Waals surface area contributed by atoms with Crippen LogP contribution in [0.2, 0.25) is 0 Å². The van der Waals surface area contributed by atoms with Gasteiger partial charge in [-0.1, -0.05) is 0 Å². The Balaban J connectivity index is 3.79. The first-order valence-electron chi connectivity index (χ1n) is 1.89. The van der Waals surface area contributed by atoms with Crippen molar-refractivity contribution in [2.24, 2.45) is 10.7 Å². The van der Waals surface area contributed by atoms with Crippen LogP contribution in [0.25, 0.3) is 0 Å². The van der Waals surface area contributed by atoms with Crippen LogP contribution in [0.5, 0.6) is 0 Å². The van der Waals surface area contributed by atoms with E-state index in [2.05, 4.69) is 4.99 Å². The van der Waals surface area contributed by atoms with Crippen molar-refractivity contribution in [1.82, 2.24) is 0 Å². The molecule has 0 spiro atoms. The summed E-state index contributed by atoms with van der Waals surface area (Å²) in [5.41, 5.74) is 4.97. The average Bonchev–Trinajstić information content (AvgIpc) is 1.68. The van der Waals surface area contributed by atoms with Gasteiger partial charge in [-0.05, 0) is 0 Å².